The van der Waals surface area contributed by atoms with Crippen molar-refractivity contribution in [1.82, 2.24) is 5.32 Å². The maximum Gasteiger partial charge on any atom is 0.340 e. The van der Waals surface area contributed by atoms with Crippen molar-refractivity contribution in [3.8, 4) is 11.5 Å². The second kappa shape index (κ2) is 7.53. The number of nitrogens with two attached hydrogens (primary N) is 1. The molecule has 26 heavy (non-hydrogen) atoms. The molecule has 0 radical (unpaired) electrons. The van der Waals surface area contributed by atoms with Crippen molar-refractivity contribution < 1.29 is 23.8 Å². The van der Waals surface area contributed by atoms with Crippen LogP contribution < -0.4 is 20.5 Å². The second-order valence-corrected chi connectivity index (χ2v) is 6.93. The summed E-state index contributed by atoms with van der Waals surface area (Å²) in [6, 6.07) is 3.13. The molecular formula is C19H26N2O5. The average Bonchev–Trinajstić information content (AvgIpc) is 2.66. The van der Waals surface area contributed by atoms with E-state index >= 15 is 0 Å². The molecule has 7 heteroatoms. The number of rotatable bonds is 4. The molecule has 3 N–H and O–H groups in total. The molecule has 142 valence electrons. The van der Waals surface area contributed by atoms with Crippen molar-refractivity contribution in [3.63, 3.8) is 0 Å². The van der Waals surface area contributed by atoms with Crippen LogP contribution in [0, 0.1) is 0 Å². The van der Waals surface area contributed by atoms with E-state index in [-0.39, 0.29) is 22.9 Å². The number of nitrogen functional groups attached to an aromatic ring is 1. The zero-order valence-electron chi connectivity index (χ0n) is 15.3. The number of carbonyl (C=O) groups is 2. The van der Waals surface area contributed by atoms with Crippen LogP contribution in [0.1, 0.15) is 48.9 Å². The summed E-state index contributed by atoms with van der Waals surface area (Å²) >= 11 is 0. The molecule has 1 saturated carbocycles. The minimum absolute atomic E-state index is 0.0415. The van der Waals surface area contributed by atoms with E-state index < -0.39 is 5.97 Å². The van der Waals surface area contributed by atoms with Crippen molar-refractivity contribution in [3.05, 3.63) is 17.7 Å². The number of carbonyl (C=O) groups excluding carboxylic acids is 2. The Morgan fingerprint density at radius 2 is 1.96 bits per heavy atom. The first-order valence-corrected chi connectivity index (χ1v) is 9.00. The first-order valence-electron chi connectivity index (χ1n) is 9.00. The number of anilines is 1. The van der Waals surface area contributed by atoms with Gasteiger partial charge in [0.15, 0.2) is 17.3 Å². The highest BCUT2D eigenvalue weighted by atomic mass is 16.5. The Balaban J connectivity index is 1.73. The standard InChI is InChI=1S/C19H26N2O5/c1-24-15-11-14(20)13(18(23)25-2)10-16(15)26-12-5-7-19(8-6-12)17(22)4-3-9-21-19/h10-12,21H,3-9,20H2,1-2H3/t12-,19-. The molecule has 1 aromatic rings. The van der Waals surface area contributed by atoms with Gasteiger partial charge in [0.2, 0.25) is 0 Å². The Kier molecular flexibility index (Phi) is 5.36. The summed E-state index contributed by atoms with van der Waals surface area (Å²) in [5.74, 6) is 0.739. The third-order valence-corrected chi connectivity index (χ3v) is 5.40. The molecule has 0 atom stereocenters. The molecule has 1 spiro atoms. The summed E-state index contributed by atoms with van der Waals surface area (Å²) in [6.07, 6.45) is 4.58. The lowest BCUT2D eigenvalue weighted by atomic mass is 9.74. The summed E-state index contributed by atoms with van der Waals surface area (Å²) in [7, 11) is 2.83. The monoisotopic (exact) mass is 362 g/mol. The maximum atomic E-state index is 12.3. The van der Waals surface area contributed by atoms with E-state index in [9.17, 15) is 9.59 Å². The normalized spacial score (nSPS) is 25.8. The van der Waals surface area contributed by atoms with Crippen LogP contribution in [-0.2, 0) is 9.53 Å². The third-order valence-electron chi connectivity index (χ3n) is 5.40. The summed E-state index contributed by atoms with van der Waals surface area (Å²) in [5.41, 5.74) is 6.06. The number of nitrogens with one attached hydrogen (secondary N) is 1. The van der Waals surface area contributed by atoms with Crippen LogP contribution in [-0.4, -0.2) is 44.2 Å². The fourth-order valence-electron chi connectivity index (χ4n) is 3.87. The first-order chi connectivity index (χ1) is 12.5. The van der Waals surface area contributed by atoms with E-state index in [1.807, 2.05) is 0 Å². The number of piperidine rings is 1. The number of ether oxygens (including phenoxy) is 3. The lowest BCUT2D eigenvalue weighted by Gasteiger charge is -2.42. The minimum Gasteiger partial charge on any atom is -0.493 e. The Hall–Kier alpha value is -2.28. The molecule has 0 amide bonds. The zero-order valence-corrected chi connectivity index (χ0v) is 15.3. The Morgan fingerprint density at radius 3 is 2.58 bits per heavy atom. The largest absolute Gasteiger partial charge is 0.493 e. The molecule has 0 unspecified atom stereocenters. The van der Waals surface area contributed by atoms with Crippen molar-refractivity contribution in [2.75, 3.05) is 26.5 Å². The molecule has 7 nitrogen and oxygen atoms in total. The number of hydrogen-bond donors (Lipinski definition) is 2. The van der Waals surface area contributed by atoms with Crippen LogP contribution in [0.5, 0.6) is 11.5 Å². The van der Waals surface area contributed by atoms with E-state index in [0.29, 0.717) is 23.7 Å². The zero-order chi connectivity index (χ0) is 18.7. The topological polar surface area (TPSA) is 99.9 Å². The highest BCUT2D eigenvalue weighted by Gasteiger charge is 2.43. The van der Waals surface area contributed by atoms with E-state index in [4.69, 9.17) is 19.9 Å². The smallest absolute Gasteiger partial charge is 0.340 e. The van der Waals surface area contributed by atoms with Gasteiger partial charge in [-0.25, -0.2) is 4.79 Å². The van der Waals surface area contributed by atoms with Gasteiger partial charge in [0.25, 0.3) is 0 Å². The van der Waals surface area contributed by atoms with Crippen LogP contribution in [0.15, 0.2) is 12.1 Å². The minimum atomic E-state index is -0.519. The summed E-state index contributed by atoms with van der Waals surface area (Å²) in [5, 5.41) is 3.42. The predicted molar refractivity (Wildman–Crippen MR) is 96.6 cm³/mol. The molecule has 2 aliphatic rings. The van der Waals surface area contributed by atoms with Crippen LogP contribution in [0.25, 0.3) is 0 Å². The SMILES string of the molecule is COC(=O)c1cc(O[C@H]2CC[C@@]3(CC2)NCCCC3=O)c(OC)cc1N. The Labute approximate surface area is 153 Å². The molecule has 1 aromatic carbocycles. The highest BCUT2D eigenvalue weighted by Crippen LogP contribution is 2.38. The van der Waals surface area contributed by atoms with Gasteiger partial charge in [-0.2, -0.15) is 0 Å². The molecule has 0 bridgehead atoms. The summed E-state index contributed by atoms with van der Waals surface area (Å²) in [6.45, 7) is 0.894. The predicted octanol–water partition coefficient (Wildman–Crippen LogP) is 2.08. The molecule has 3 rings (SSSR count). The second-order valence-electron chi connectivity index (χ2n) is 6.93. The number of methoxy groups -OCH3 is 2. The number of Topliss-reactive ketones (excluding diaryl/α,β-unsaturated/α-hetero) is 1. The fourth-order valence-corrected chi connectivity index (χ4v) is 3.87. The molecule has 2 fully saturated rings. The average molecular weight is 362 g/mol. The van der Waals surface area contributed by atoms with Crippen LogP contribution in [0.3, 0.4) is 0 Å². The number of ketones is 1. The summed E-state index contributed by atoms with van der Waals surface area (Å²) < 4.78 is 16.2. The fraction of sp³-hybridized carbons (Fsp3) is 0.579. The number of esters is 1. The van der Waals surface area contributed by atoms with E-state index in [1.54, 1.807) is 12.1 Å². The maximum absolute atomic E-state index is 12.3. The first kappa shape index (κ1) is 18.5. The van der Waals surface area contributed by atoms with E-state index in [0.717, 1.165) is 38.6 Å². The van der Waals surface area contributed by atoms with Crippen molar-refractivity contribution in [2.24, 2.45) is 0 Å². The highest BCUT2D eigenvalue weighted by molar-refractivity contribution is 5.96. The van der Waals surface area contributed by atoms with Gasteiger partial charge in [-0.3, -0.25) is 4.79 Å². The van der Waals surface area contributed by atoms with Gasteiger partial charge in [-0.05, 0) is 38.6 Å². The van der Waals surface area contributed by atoms with Crippen LogP contribution >= 0.6 is 0 Å². The molecule has 1 aliphatic carbocycles. The summed E-state index contributed by atoms with van der Waals surface area (Å²) in [4.78, 5) is 24.2. The molecule has 1 heterocycles. The van der Waals surface area contributed by atoms with Gasteiger partial charge < -0.3 is 25.3 Å². The Morgan fingerprint density at radius 1 is 1.23 bits per heavy atom. The Bertz CT molecular complexity index is 695. The van der Waals surface area contributed by atoms with Crippen LogP contribution in [0.2, 0.25) is 0 Å². The van der Waals surface area contributed by atoms with Crippen LogP contribution in [0.4, 0.5) is 5.69 Å². The molecular weight excluding hydrogens is 336 g/mol. The van der Waals surface area contributed by atoms with Gasteiger partial charge in [-0.15, -0.1) is 0 Å². The van der Waals surface area contributed by atoms with Gasteiger partial charge in [-0.1, -0.05) is 0 Å². The molecule has 0 aromatic heterocycles. The quantitative estimate of drug-likeness (QED) is 0.625. The van der Waals surface area contributed by atoms with Crippen molar-refractivity contribution in [1.29, 1.82) is 0 Å². The van der Waals surface area contributed by atoms with Gasteiger partial charge >= 0.3 is 5.97 Å². The van der Waals surface area contributed by atoms with E-state index in [1.165, 1.54) is 14.2 Å². The van der Waals surface area contributed by atoms with Crippen molar-refractivity contribution >= 4 is 17.4 Å². The van der Waals surface area contributed by atoms with E-state index in [2.05, 4.69) is 5.32 Å². The molecule has 1 aliphatic heterocycles. The molecule has 1 saturated heterocycles. The number of hydrogen-bond acceptors (Lipinski definition) is 7. The van der Waals surface area contributed by atoms with Crippen molar-refractivity contribution in [2.45, 2.75) is 50.2 Å². The number of benzene rings is 1. The van der Waals surface area contributed by atoms with Gasteiger partial charge in [0.1, 0.15) is 0 Å². The van der Waals surface area contributed by atoms with Gasteiger partial charge in [0.05, 0.1) is 37.1 Å². The lowest BCUT2D eigenvalue weighted by molar-refractivity contribution is -0.129. The van der Waals surface area contributed by atoms with Gasteiger partial charge in [0, 0.05) is 18.6 Å². The third kappa shape index (κ3) is 3.49. The lowest BCUT2D eigenvalue weighted by Crippen LogP contribution is -2.58.